The Morgan fingerprint density at radius 1 is 1.40 bits per heavy atom. The van der Waals surface area contributed by atoms with E-state index in [9.17, 15) is 19.5 Å². The van der Waals surface area contributed by atoms with E-state index < -0.39 is 5.97 Å². The lowest BCUT2D eigenvalue weighted by atomic mass is 10.1. The number of carbonyl (C=O) groups is 3. The summed E-state index contributed by atoms with van der Waals surface area (Å²) < 4.78 is 0. The molecule has 0 bridgehead atoms. The fourth-order valence-corrected chi connectivity index (χ4v) is 2.08. The van der Waals surface area contributed by atoms with Gasteiger partial charge in [0, 0.05) is 25.7 Å². The summed E-state index contributed by atoms with van der Waals surface area (Å²) in [6.07, 6.45) is 0.748. The fourth-order valence-electron chi connectivity index (χ4n) is 2.08. The number of aromatic carboxylic acids is 1. The largest absolute Gasteiger partial charge is 0.478 e. The van der Waals surface area contributed by atoms with Crippen molar-refractivity contribution in [3.63, 3.8) is 0 Å². The predicted molar refractivity (Wildman–Crippen MR) is 73.1 cm³/mol. The third-order valence-corrected chi connectivity index (χ3v) is 2.92. The van der Waals surface area contributed by atoms with Crippen LogP contribution in [0.1, 0.15) is 23.7 Å². The molecule has 0 aliphatic carbocycles. The van der Waals surface area contributed by atoms with Crippen LogP contribution in [0.5, 0.6) is 0 Å². The van der Waals surface area contributed by atoms with E-state index >= 15 is 0 Å². The molecule has 0 atom stereocenters. The Morgan fingerprint density at radius 2 is 2.15 bits per heavy atom. The van der Waals surface area contributed by atoms with Crippen molar-refractivity contribution in [1.82, 2.24) is 5.32 Å². The maximum Gasteiger partial charge on any atom is 0.337 e. The van der Waals surface area contributed by atoms with E-state index in [-0.39, 0.29) is 17.5 Å². The van der Waals surface area contributed by atoms with Crippen molar-refractivity contribution in [2.45, 2.75) is 13.3 Å². The topological polar surface area (TPSA) is 98.7 Å². The monoisotopic (exact) mass is 277 g/mol. The molecule has 0 saturated carbocycles. The normalized spacial score (nSPS) is 14.7. The van der Waals surface area contributed by atoms with Gasteiger partial charge in [0.2, 0.25) is 5.91 Å². The quantitative estimate of drug-likeness (QED) is 0.774. The van der Waals surface area contributed by atoms with Crippen molar-refractivity contribution in [3.05, 3.63) is 23.8 Å². The molecule has 7 nitrogen and oxygen atoms in total. The van der Waals surface area contributed by atoms with Crippen LogP contribution in [0.4, 0.5) is 16.2 Å². The molecule has 1 saturated heterocycles. The molecule has 2 rings (SSSR count). The Balaban J connectivity index is 2.39. The summed E-state index contributed by atoms with van der Waals surface area (Å²) in [4.78, 5) is 35.5. The number of nitrogens with one attached hydrogen (secondary N) is 2. The molecule has 1 aliphatic heterocycles. The Morgan fingerprint density at radius 3 is 2.75 bits per heavy atom. The summed E-state index contributed by atoms with van der Waals surface area (Å²) in [7, 11) is 0. The highest BCUT2D eigenvalue weighted by Crippen LogP contribution is 2.26. The van der Waals surface area contributed by atoms with Gasteiger partial charge in [-0.15, -0.1) is 0 Å². The van der Waals surface area contributed by atoms with E-state index in [1.165, 1.54) is 24.0 Å². The van der Waals surface area contributed by atoms with Crippen LogP contribution >= 0.6 is 0 Å². The van der Waals surface area contributed by atoms with Gasteiger partial charge < -0.3 is 15.7 Å². The molecule has 0 unspecified atom stereocenters. The highest BCUT2D eigenvalue weighted by Gasteiger charge is 2.24. The van der Waals surface area contributed by atoms with Gasteiger partial charge in [-0.05, 0) is 24.6 Å². The summed E-state index contributed by atoms with van der Waals surface area (Å²) in [5, 5.41) is 14.5. The summed E-state index contributed by atoms with van der Waals surface area (Å²) in [5.74, 6) is -1.43. The Kier molecular flexibility index (Phi) is 3.88. The number of urea groups is 1. The SMILES string of the molecule is CC(=O)Nc1ccc(N2CCCNC2=O)c(C(=O)O)c1. The Hall–Kier alpha value is -2.57. The second-order valence-electron chi connectivity index (χ2n) is 4.46. The molecule has 1 aromatic carbocycles. The number of carboxylic acid groups (broad SMARTS) is 1. The second kappa shape index (κ2) is 5.60. The molecule has 20 heavy (non-hydrogen) atoms. The van der Waals surface area contributed by atoms with Gasteiger partial charge >= 0.3 is 12.0 Å². The molecule has 7 heteroatoms. The number of nitrogens with zero attached hydrogens (tertiary/aromatic N) is 1. The molecule has 106 valence electrons. The molecule has 0 spiro atoms. The van der Waals surface area contributed by atoms with Crippen LogP contribution in [0.25, 0.3) is 0 Å². The smallest absolute Gasteiger partial charge is 0.337 e. The molecule has 1 aliphatic rings. The van der Waals surface area contributed by atoms with Gasteiger partial charge in [-0.3, -0.25) is 9.69 Å². The number of amides is 3. The van der Waals surface area contributed by atoms with Crippen LogP contribution < -0.4 is 15.5 Å². The fraction of sp³-hybridized carbons (Fsp3) is 0.308. The average molecular weight is 277 g/mol. The van der Waals surface area contributed by atoms with Crippen molar-refractivity contribution < 1.29 is 19.5 Å². The Bertz CT molecular complexity index is 571. The van der Waals surface area contributed by atoms with E-state index in [4.69, 9.17) is 0 Å². The van der Waals surface area contributed by atoms with E-state index in [2.05, 4.69) is 10.6 Å². The number of hydrogen-bond acceptors (Lipinski definition) is 3. The van der Waals surface area contributed by atoms with E-state index in [0.717, 1.165) is 6.42 Å². The van der Waals surface area contributed by atoms with Gasteiger partial charge in [0.05, 0.1) is 11.3 Å². The summed E-state index contributed by atoms with van der Waals surface area (Å²) in [5.41, 5.74) is 0.688. The number of carbonyl (C=O) groups excluding carboxylic acids is 2. The first-order valence-electron chi connectivity index (χ1n) is 6.19. The first kappa shape index (κ1) is 13.9. The summed E-state index contributed by atoms with van der Waals surface area (Å²) >= 11 is 0. The molecular weight excluding hydrogens is 262 g/mol. The zero-order valence-corrected chi connectivity index (χ0v) is 11.0. The lowest BCUT2D eigenvalue weighted by molar-refractivity contribution is -0.114. The van der Waals surface area contributed by atoms with Crippen LogP contribution in [-0.4, -0.2) is 36.1 Å². The first-order valence-corrected chi connectivity index (χ1v) is 6.19. The number of carboxylic acids is 1. The van der Waals surface area contributed by atoms with Crippen molar-refractivity contribution in [1.29, 1.82) is 0 Å². The van der Waals surface area contributed by atoms with Crippen molar-refractivity contribution in [3.8, 4) is 0 Å². The number of benzene rings is 1. The van der Waals surface area contributed by atoms with Gasteiger partial charge in [-0.1, -0.05) is 0 Å². The highest BCUT2D eigenvalue weighted by atomic mass is 16.4. The number of anilines is 2. The summed E-state index contributed by atoms with van der Waals surface area (Å²) in [6, 6.07) is 4.14. The highest BCUT2D eigenvalue weighted by molar-refractivity contribution is 6.03. The third-order valence-electron chi connectivity index (χ3n) is 2.92. The molecule has 1 heterocycles. The molecule has 3 amide bonds. The van der Waals surface area contributed by atoms with Gasteiger partial charge in [0.25, 0.3) is 0 Å². The van der Waals surface area contributed by atoms with Crippen molar-refractivity contribution >= 4 is 29.3 Å². The number of hydrogen-bond donors (Lipinski definition) is 3. The lowest BCUT2D eigenvalue weighted by Gasteiger charge is -2.28. The second-order valence-corrected chi connectivity index (χ2v) is 4.46. The van der Waals surface area contributed by atoms with E-state index in [1.54, 1.807) is 6.07 Å². The van der Waals surface area contributed by atoms with Crippen LogP contribution in [0.3, 0.4) is 0 Å². The first-order chi connectivity index (χ1) is 9.49. The minimum atomic E-state index is -1.15. The molecule has 1 aromatic rings. The van der Waals surface area contributed by atoms with Crippen LogP contribution in [0.2, 0.25) is 0 Å². The van der Waals surface area contributed by atoms with Gasteiger partial charge in [0.15, 0.2) is 0 Å². The zero-order chi connectivity index (χ0) is 14.7. The summed E-state index contributed by atoms with van der Waals surface area (Å²) in [6.45, 7) is 2.39. The van der Waals surface area contributed by atoms with Crippen molar-refractivity contribution in [2.24, 2.45) is 0 Å². The molecular formula is C13H15N3O4. The minimum Gasteiger partial charge on any atom is -0.478 e. The molecule has 0 radical (unpaired) electrons. The Labute approximate surface area is 115 Å². The van der Waals surface area contributed by atoms with Crippen LogP contribution in [-0.2, 0) is 4.79 Å². The van der Waals surface area contributed by atoms with E-state index in [1.807, 2.05) is 0 Å². The molecule has 1 fully saturated rings. The maximum absolute atomic E-state index is 11.8. The van der Waals surface area contributed by atoms with Crippen molar-refractivity contribution in [2.75, 3.05) is 23.3 Å². The zero-order valence-electron chi connectivity index (χ0n) is 11.0. The maximum atomic E-state index is 11.8. The van der Waals surface area contributed by atoms with Gasteiger partial charge in [0.1, 0.15) is 0 Å². The van der Waals surface area contributed by atoms with Crippen LogP contribution in [0.15, 0.2) is 18.2 Å². The predicted octanol–water partition coefficient (Wildman–Crippen LogP) is 1.26. The molecule has 3 N–H and O–H groups in total. The third kappa shape index (κ3) is 2.87. The van der Waals surface area contributed by atoms with Gasteiger partial charge in [-0.2, -0.15) is 0 Å². The van der Waals surface area contributed by atoms with E-state index in [0.29, 0.717) is 24.5 Å². The molecule has 0 aromatic heterocycles. The lowest BCUT2D eigenvalue weighted by Crippen LogP contribution is -2.47. The van der Waals surface area contributed by atoms with Gasteiger partial charge in [-0.25, -0.2) is 9.59 Å². The van der Waals surface area contributed by atoms with Crippen LogP contribution in [0, 0.1) is 0 Å². The minimum absolute atomic E-state index is 0.0201. The number of rotatable bonds is 3. The average Bonchev–Trinajstić information content (AvgIpc) is 2.39. The standard InChI is InChI=1S/C13H15N3O4/c1-8(17)15-9-3-4-11(10(7-9)12(18)19)16-6-2-5-14-13(16)20/h3-4,7H,2,5-6H2,1H3,(H,14,20)(H,15,17)(H,18,19).